The van der Waals surface area contributed by atoms with Crippen LogP contribution in [0.3, 0.4) is 0 Å². The molecule has 0 saturated carbocycles. The van der Waals surface area contributed by atoms with Crippen molar-refractivity contribution in [2.45, 2.75) is 32.3 Å². The fourth-order valence-electron chi connectivity index (χ4n) is 1.54. The highest BCUT2D eigenvalue weighted by Gasteiger charge is 2.15. The van der Waals surface area contributed by atoms with Crippen molar-refractivity contribution in [2.75, 3.05) is 26.4 Å². The number of hydrogen-bond acceptors (Lipinski definition) is 3. The number of hydrogen-bond donors (Lipinski definition) is 1. The normalized spacial score (nSPS) is 21.7. The second-order valence-corrected chi connectivity index (χ2v) is 3.66. The van der Waals surface area contributed by atoms with Crippen molar-refractivity contribution >= 4 is 0 Å². The average Bonchev–Trinajstić information content (AvgIpc) is 2.21. The third kappa shape index (κ3) is 4.07. The SMILES string of the molecule is CCC(CN)OCC1CCOCC1. The van der Waals surface area contributed by atoms with Crippen LogP contribution in [0.15, 0.2) is 0 Å². The first-order valence-corrected chi connectivity index (χ1v) is 5.26. The molecule has 1 heterocycles. The van der Waals surface area contributed by atoms with Gasteiger partial charge in [-0.15, -0.1) is 0 Å². The van der Waals surface area contributed by atoms with Crippen molar-refractivity contribution in [1.82, 2.24) is 0 Å². The summed E-state index contributed by atoms with van der Waals surface area (Å²) in [6, 6.07) is 0. The molecule has 1 atom stereocenters. The lowest BCUT2D eigenvalue weighted by molar-refractivity contribution is -0.00877. The van der Waals surface area contributed by atoms with E-state index in [2.05, 4.69) is 6.92 Å². The summed E-state index contributed by atoms with van der Waals surface area (Å²) in [5.74, 6) is 0.689. The largest absolute Gasteiger partial charge is 0.381 e. The molecule has 0 amide bonds. The minimum Gasteiger partial charge on any atom is -0.381 e. The van der Waals surface area contributed by atoms with Crippen LogP contribution in [0.1, 0.15) is 26.2 Å². The second-order valence-electron chi connectivity index (χ2n) is 3.66. The highest BCUT2D eigenvalue weighted by Crippen LogP contribution is 2.15. The first kappa shape index (κ1) is 11.0. The lowest BCUT2D eigenvalue weighted by Crippen LogP contribution is -2.27. The van der Waals surface area contributed by atoms with Gasteiger partial charge in [-0.3, -0.25) is 0 Å². The van der Waals surface area contributed by atoms with Crippen molar-refractivity contribution in [3.63, 3.8) is 0 Å². The Labute approximate surface area is 80.6 Å². The van der Waals surface area contributed by atoms with Gasteiger partial charge in [0.05, 0.1) is 6.10 Å². The predicted molar refractivity (Wildman–Crippen MR) is 52.6 cm³/mol. The minimum atomic E-state index is 0.253. The van der Waals surface area contributed by atoms with Crippen LogP contribution in [0.25, 0.3) is 0 Å². The molecule has 0 bridgehead atoms. The zero-order valence-corrected chi connectivity index (χ0v) is 8.50. The Morgan fingerprint density at radius 2 is 2.15 bits per heavy atom. The monoisotopic (exact) mass is 187 g/mol. The summed E-state index contributed by atoms with van der Waals surface area (Å²) in [6.07, 6.45) is 3.55. The third-order valence-corrected chi connectivity index (χ3v) is 2.63. The fourth-order valence-corrected chi connectivity index (χ4v) is 1.54. The van der Waals surface area contributed by atoms with E-state index < -0.39 is 0 Å². The Balaban J connectivity index is 2.09. The first-order valence-electron chi connectivity index (χ1n) is 5.26. The van der Waals surface area contributed by atoms with Gasteiger partial charge in [0.1, 0.15) is 0 Å². The van der Waals surface area contributed by atoms with Crippen LogP contribution in [-0.2, 0) is 9.47 Å². The van der Waals surface area contributed by atoms with Crippen LogP contribution in [0.5, 0.6) is 0 Å². The molecule has 0 radical (unpaired) electrons. The number of rotatable bonds is 5. The lowest BCUT2D eigenvalue weighted by Gasteiger charge is -2.24. The maximum atomic E-state index is 5.70. The molecule has 1 aliphatic rings. The van der Waals surface area contributed by atoms with E-state index in [-0.39, 0.29) is 6.10 Å². The van der Waals surface area contributed by atoms with Gasteiger partial charge in [-0.05, 0) is 25.2 Å². The molecule has 0 aromatic rings. The molecular weight excluding hydrogens is 166 g/mol. The van der Waals surface area contributed by atoms with Gasteiger partial charge in [0, 0.05) is 26.4 Å². The molecule has 0 aromatic heterocycles. The van der Waals surface area contributed by atoms with Gasteiger partial charge >= 0.3 is 0 Å². The van der Waals surface area contributed by atoms with Gasteiger partial charge in [-0.2, -0.15) is 0 Å². The van der Waals surface area contributed by atoms with Gasteiger partial charge in [-0.25, -0.2) is 0 Å². The standard InChI is InChI=1S/C10H21NO2/c1-2-10(7-11)13-8-9-3-5-12-6-4-9/h9-10H,2-8,11H2,1H3. The average molecular weight is 187 g/mol. The Kier molecular flexibility index (Phi) is 5.35. The molecule has 3 heteroatoms. The van der Waals surface area contributed by atoms with Crippen molar-refractivity contribution in [1.29, 1.82) is 0 Å². The van der Waals surface area contributed by atoms with E-state index in [4.69, 9.17) is 15.2 Å². The smallest absolute Gasteiger partial charge is 0.0694 e. The molecule has 1 aliphatic heterocycles. The van der Waals surface area contributed by atoms with Crippen molar-refractivity contribution in [3.05, 3.63) is 0 Å². The maximum Gasteiger partial charge on any atom is 0.0694 e. The van der Waals surface area contributed by atoms with Gasteiger partial charge in [0.25, 0.3) is 0 Å². The van der Waals surface area contributed by atoms with E-state index in [9.17, 15) is 0 Å². The molecule has 0 aliphatic carbocycles. The highest BCUT2D eigenvalue weighted by atomic mass is 16.5. The quantitative estimate of drug-likeness (QED) is 0.702. The molecule has 0 spiro atoms. The van der Waals surface area contributed by atoms with Crippen LogP contribution in [0, 0.1) is 5.92 Å². The van der Waals surface area contributed by atoms with Gasteiger partial charge in [-0.1, -0.05) is 6.92 Å². The van der Waals surface area contributed by atoms with E-state index in [0.717, 1.165) is 39.1 Å². The fraction of sp³-hybridized carbons (Fsp3) is 1.00. The van der Waals surface area contributed by atoms with Gasteiger partial charge in [0.15, 0.2) is 0 Å². The minimum absolute atomic E-state index is 0.253. The van der Waals surface area contributed by atoms with Crippen molar-refractivity contribution < 1.29 is 9.47 Å². The molecule has 78 valence electrons. The summed E-state index contributed by atoms with van der Waals surface area (Å²) in [5.41, 5.74) is 5.55. The molecule has 0 aromatic carbocycles. The summed E-state index contributed by atoms with van der Waals surface area (Å²) in [4.78, 5) is 0. The first-order chi connectivity index (χ1) is 6.36. The second kappa shape index (κ2) is 6.35. The van der Waals surface area contributed by atoms with Crippen LogP contribution < -0.4 is 5.73 Å². The number of nitrogens with two attached hydrogens (primary N) is 1. The van der Waals surface area contributed by atoms with E-state index in [1.165, 1.54) is 0 Å². The molecule has 13 heavy (non-hydrogen) atoms. The maximum absolute atomic E-state index is 5.70. The van der Waals surface area contributed by atoms with Crippen molar-refractivity contribution in [2.24, 2.45) is 11.7 Å². The zero-order chi connectivity index (χ0) is 9.52. The molecule has 1 unspecified atom stereocenters. The summed E-state index contributed by atoms with van der Waals surface area (Å²) in [5, 5.41) is 0. The molecule has 1 fully saturated rings. The molecule has 1 rings (SSSR count). The van der Waals surface area contributed by atoms with E-state index >= 15 is 0 Å². The molecular formula is C10H21NO2. The zero-order valence-electron chi connectivity index (χ0n) is 8.50. The van der Waals surface area contributed by atoms with E-state index in [1.54, 1.807) is 0 Å². The Bertz CT molecular complexity index is 120. The van der Waals surface area contributed by atoms with Crippen LogP contribution in [0.4, 0.5) is 0 Å². The summed E-state index contributed by atoms with van der Waals surface area (Å²) >= 11 is 0. The summed E-state index contributed by atoms with van der Waals surface area (Å²) in [6.45, 7) is 5.40. The number of ether oxygens (including phenoxy) is 2. The Morgan fingerprint density at radius 3 is 2.69 bits per heavy atom. The molecule has 3 nitrogen and oxygen atoms in total. The topological polar surface area (TPSA) is 44.5 Å². The van der Waals surface area contributed by atoms with Crippen LogP contribution in [0.2, 0.25) is 0 Å². The lowest BCUT2D eigenvalue weighted by atomic mass is 10.0. The van der Waals surface area contributed by atoms with Gasteiger partial charge in [0.2, 0.25) is 0 Å². The molecule has 1 saturated heterocycles. The molecule has 2 N–H and O–H groups in total. The van der Waals surface area contributed by atoms with Crippen LogP contribution in [-0.4, -0.2) is 32.5 Å². The summed E-state index contributed by atoms with van der Waals surface area (Å²) < 4.78 is 11.0. The van der Waals surface area contributed by atoms with Crippen LogP contribution >= 0.6 is 0 Å². The van der Waals surface area contributed by atoms with E-state index in [0.29, 0.717) is 12.5 Å². The highest BCUT2D eigenvalue weighted by molar-refractivity contribution is 4.64. The van der Waals surface area contributed by atoms with Gasteiger partial charge < -0.3 is 15.2 Å². The van der Waals surface area contributed by atoms with Crippen molar-refractivity contribution in [3.8, 4) is 0 Å². The Morgan fingerprint density at radius 1 is 1.46 bits per heavy atom. The Hall–Kier alpha value is -0.120. The predicted octanol–water partition coefficient (Wildman–Crippen LogP) is 1.17. The third-order valence-electron chi connectivity index (χ3n) is 2.63. The van der Waals surface area contributed by atoms with E-state index in [1.807, 2.05) is 0 Å². The summed E-state index contributed by atoms with van der Waals surface area (Å²) in [7, 11) is 0.